The highest BCUT2D eigenvalue weighted by molar-refractivity contribution is 8.14. The maximum atomic E-state index is 13.0. The zero-order valence-electron chi connectivity index (χ0n) is 14.6. The van der Waals surface area contributed by atoms with Crippen LogP contribution in [0.5, 0.6) is 5.75 Å². The second-order valence-corrected chi connectivity index (χ2v) is 6.49. The van der Waals surface area contributed by atoms with Crippen LogP contribution in [0.2, 0.25) is 0 Å². The van der Waals surface area contributed by atoms with Crippen molar-refractivity contribution in [1.29, 1.82) is 0 Å². The summed E-state index contributed by atoms with van der Waals surface area (Å²) in [5, 5.41) is 0.654. The Hall–Kier alpha value is -2.79. The molecule has 0 N–H and O–H groups in total. The van der Waals surface area contributed by atoms with Gasteiger partial charge in [-0.05, 0) is 42.8 Å². The zero-order chi connectivity index (χ0) is 18.4. The van der Waals surface area contributed by atoms with E-state index in [0.717, 1.165) is 17.0 Å². The molecule has 0 fully saturated rings. The van der Waals surface area contributed by atoms with Crippen LogP contribution in [0.3, 0.4) is 0 Å². The van der Waals surface area contributed by atoms with Crippen LogP contribution in [0.15, 0.2) is 77.9 Å². The summed E-state index contributed by atoms with van der Waals surface area (Å²) >= 11 is 1.48. The average molecular weight is 364 g/mol. The van der Waals surface area contributed by atoms with Crippen molar-refractivity contribution in [2.45, 2.75) is 6.92 Å². The fourth-order valence-electron chi connectivity index (χ4n) is 2.52. The summed E-state index contributed by atoms with van der Waals surface area (Å²) < 4.78 is 5.48. The molecule has 0 unspecified atom stereocenters. The van der Waals surface area contributed by atoms with Gasteiger partial charge in [0, 0.05) is 5.75 Å². The Morgan fingerprint density at radius 2 is 1.88 bits per heavy atom. The van der Waals surface area contributed by atoms with Gasteiger partial charge in [-0.25, -0.2) is 4.99 Å². The van der Waals surface area contributed by atoms with Crippen molar-refractivity contribution in [3.63, 3.8) is 0 Å². The van der Waals surface area contributed by atoms with Gasteiger partial charge in [0.25, 0.3) is 5.91 Å². The molecule has 2 aromatic carbocycles. The molecule has 2 aromatic rings. The van der Waals surface area contributed by atoms with Crippen molar-refractivity contribution < 1.29 is 9.53 Å². The highest BCUT2D eigenvalue weighted by Crippen LogP contribution is 2.30. The van der Waals surface area contributed by atoms with Gasteiger partial charge in [0.15, 0.2) is 5.17 Å². The van der Waals surface area contributed by atoms with Crippen LogP contribution in [-0.2, 0) is 4.79 Å². The zero-order valence-corrected chi connectivity index (χ0v) is 15.4. The Labute approximate surface area is 157 Å². The lowest BCUT2D eigenvalue weighted by Crippen LogP contribution is -2.30. The number of anilines is 1. The van der Waals surface area contributed by atoms with E-state index in [-0.39, 0.29) is 5.91 Å². The Kier molecular flexibility index (Phi) is 5.92. The van der Waals surface area contributed by atoms with Crippen molar-refractivity contribution >= 4 is 34.6 Å². The van der Waals surface area contributed by atoms with Crippen LogP contribution in [0, 0.1) is 0 Å². The van der Waals surface area contributed by atoms with Gasteiger partial charge in [0.2, 0.25) is 0 Å². The van der Waals surface area contributed by atoms with Gasteiger partial charge >= 0.3 is 0 Å². The number of ether oxygens (including phenoxy) is 1. The second kappa shape index (κ2) is 8.54. The topological polar surface area (TPSA) is 41.9 Å². The molecule has 0 bridgehead atoms. The summed E-state index contributed by atoms with van der Waals surface area (Å²) in [6, 6.07) is 17.2. The van der Waals surface area contributed by atoms with Gasteiger partial charge < -0.3 is 4.74 Å². The van der Waals surface area contributed by atoms with Crippen molar-refractivity contribution in [2.75, 3.05) is 17.3 Å². The molecule has 3 rings (SSSR count). The number of hydrogen-bond acceptors (Lipinski definition) is 4. The van der Waals surface area contributed by atoms with Crippen LogP contribution >= 0.6 is 11.8 Å². The van der Waals surface area contributed by atoms with E-state index < -0.39 is 0 Å². The number of thioether (sulfide) groups is 1. The Bertz CT molecular complexity index is 842. The molecule has 0 atom stereocenters. The maximum Gasteiger partial charge on any atom is 0.283 e. The van der Waals surface area contributed by atoms with Crippen LogP contribution in [0.25, 0.3) is 6.08 Å². The molecule has 0 radical (unpaired) electrons. The third-order valence-electron chi connectivity index (χ3n) is 3.67. The molecule has 1 heterocycles. The molecule has 1 amide bonds. The molecule has 1 aliphatic heterocycles. The Morgan fingerprint density at radius 1 is 1.15 bits per heavy atom. The first-order valence-corrected chi connectivity index (χ1v) is 9.38. The van der Waals surface area contributed by atoms with E-state index in [2.05, 4.69) is 11.6 Å². The van der Waals surface area contributed by atoms with Crippen molar-refractivity contribution in [3.05, 3.63) is 78.5 Å². The molecule has 0 saturated heterocycles. The van der Waals surface area contributed by atoms with E-state index in [1.807, 2.05) is 67.6 Å². The third-order valence-corrected chi connectivity index (χ3v) is 4.60. The summed E-state index contributed by atoms with van der Waals surface area (Å²) in [6.45, 7) is 6.29. The van der Waals surface area contributed by atoms with Crippen molar-refractivity contribution in [3.8, 4) is 5.75 Å². The average Bonchev–Trinajstić information content (AvgIpc) is 2.97. The molecule has 5 heteroatoms. The first-order valence-electron chi connectivity index (χ1n) is 8.39. The molecule has 1 aliphatic rings. The minimum atomic E-state index is -0.135. The molecule has 0 aromatic heterocycles. The molecule has 0 spiro atoms. The highest BCUT2D eigenvalue weighted by Gasteiger charge is 2.31. The number of amides is 1. The summed E-state index contributed by atoms with van der Waals surface area (Å²) in [5.74, 6) is 1.32. The summed E-state index contributed by atoms with van der Waals surface area (Å²) in [7, 11) is 0. The van der Waals surface area contributed by atoms with Crippen LogP contribution in [0.1, 0.15) is 12.5 Å². The summed E-state index contributed by atoms with van der Waals surface area (Å²) in [6.07, 6.45) is 3.61. The van der Waals surface area contributed by atoms with Gasteiger partial charge in [-0.3, -0.25) is 9.69 Å². The van der Waals surface area contributed by atoms with E-state index >= 15 is 0 Å². The summed E-state index contributed by atoms with van der Waals surface area (Å²) in [5.41, 5.74) is 2.14. The number of aliphatic imine (C=N–C) groups is 1. The number of benzene rings is 2. The van der Waals surface area contributed by atoms with Crippen molar-refractivity contribution in [2.24, 2.45) is 4.99 Å². The molecular formula is C21H20N2O2S. The van der Waals surface area contributed by atoms with Gasteiger partial charge in [-0.15, -0.1) is 6.58 Å². The smallest absolute Gasteiger partial charge is 0.283 e. The molecule has 0 saturated carbocycles. The second-order valence-electron chi connectivity index (χ2n) is 5.50. The van der Waals surface area contributed by atoms with Crippen molar-refractivity contribution in [1.82, 2.24) is 0 Å². The molecule has 4 nitrogen and oxygen atoms in total. The highest BCUT2D eigenvalue weighted by atomic mass is 32.2. The number of carbonyl (C=O) groups excluding carboxylic acids is 1. The largest absolute Gasteiger partial charge is 0.494 e. The lowest BCUT2D eigenvalue weighted by molar-refractivity contribution is -0.113. The number of carbonyl (C=O) groups is 1. The van der Waals surface area contributed by atoms with E-state index in [1.54, 1.807) is 11.0 Å². The van der Waals surface area contributed by atoms with E-state index in [9.17, 15) is 4.79 Å². The van der Waals surface area contributed by atoms with Crippen LogP contribution in [-0.4, -0.2) is 23.4 Å². The lowest BCUT2D eigenvalue weighted by Gasteiger charge is -2.17. The Balaban J connectivity index is 1.92. The number of nitrogens with zero attached hydrogens (tertiary/aromatic N) is 2. The SMILES string of the molecule is C=CCSC1=NC(=Cc2ccccc2)C(=O)N1c1ccc(OCC)cc1. The van der Waals surface area contributed by atoms with Crippen LogP contribution < -0.4 is 9.64 Å². The Morgan fingerprint density at radius 3 is 2.54 bits per heavy atom. The lowest BCUT2D eigenvalue weighted by atomic mass is 10.2. The number of rotatable bonds is 6. The van der Waals surface area contributed by atoms with Crippen LogP contribution in [0.4, 0.5) is 5.69 Å². The monoisotopic (exact) mass is 364 g/mol. The quantitative estimate of drug-likeness (QED) is 0.549. The first kappa shape index (κ1) is 18.0. The van der Waals surface area contributed by atoms with E-state index in [4.69, 9.17) is 4.74 Å². The molecule has 132 valence electrons. The first-order chi connectivity index (χ1) is 12.7. The number of amidine groups is 1. The fourth-order valence-corrected chi connectivity index (χ4v) is 3.27. The predicted octanol–water partition coefficient (Wildman–Crippen LogP) is 4.75. The normalized spacial score (nSPS) is 15.3. The minimum Gasteiger partial charge on any atom is -0.494 e. The predicted molar refractivity (Wildman–Crippen MR) is 110 cm³/mol. The van der Waals surface area contributed by atoms with Gasteiger partial charge in [-0.1, -0.05) is 48.2 Å². The third kappa shape index (κ3) is 4.06. The summed E-state index contributed by atoms with van der Waals surface area (Å²) in [4.78, 5) is 19.2. The minimum absolute atomic E-state index is 0.135. The molecule has 26 heavy (non-hydrogen) atoms. The number of hydrogen-bond donors (Lipinski definition) is 0. The fraction of sp³-hybridized carbons (Fsp3) is 0.143. The van der Waals surface area contributed by atoms with E-state index in [1.165, 1.54) is 11.8 Å². The van der Waals surface area contributed by atoms with Gasteiger partial charge in [0.1, 0.15) is 11.4 Å². The maximum absolute atomic E-state index is 13.0. The molecule has 0 aliphatic carbocycles. The van der Waals surface area contributed by atoms with E-state index in [0.29, 0.717) is 23.2 Å². The molecular weight excluding hydrogens is 344 g/mol. The van der Waals surface area contributed by atoms with Gasteiger partial charge in [0.05, 0.1) is 12.3 Å². The standard InChI is InChI=1S/C21H20N2O2S/c1-3-14-26-21-22-19(15-16-8-6-5-7-9-16)20(24)23(21)17-10-12-18(13-11-17)25-4-2/h3,5-13,15H,1,4,14H2,2H3. The van der Waals surface area contributed by atoms with Gasteiger partial charge in [-0.2, -0.15) is 0 Å².